The van der Waals surface area contributed by atoms with Gasteiger partial charge in [0.05, 0.1) is 16.8 Å². The smallest absolute Gasteiger partial charge is 0.398 e. The summed E-state index contributed by atoms with van der Waals surface area (Å²) in [5.74, 6) is 0.921. The minimum absolute atomic E-state index is 0.336. The summed E-state index contributed by atoms with van der Waals surface area (Å²) in [5.41, 5.74) is 0.163. The quantitative estimate of drug-likeness (QED) is 0.791. The number of hydrogen-bond donors (Lipinski definition) is 0. The van der Waals surface area contributed by atoms with Gasteiger partial charge in [0.15, 0.2) is 0 Å². The predicted molar refractivity (Wildman–Crippen MR) is 82.7 cm³/mol. The highest BCUT2D eigenvalue weighted by Crippen LogP contribution is 2.36. The minimum Gasteiger partial charge on any atom is -0.398 e. The second kappa shape index (κ2) is 4.77. The monoisotopic (exact) mass is 279 g/mol. The van der Waals surface area contributed by atoms with Crippen molar-refractivity contribution in [3.8, 4) is 0 Å². The molecule has 5 nitrogen and oxygen atoms in total. The predicted octanol–water partition coefficient (Wildman–Crippen LogP) is 1.83. The lowest BCUT2D eigenvalue weighted by Gasteiger charge is -2.32. The van der Waals surface area contributed by atoms with Crippen molar-refractivity contribution < 1.29 is 9.31 Å². The maximum Gasteiger partial charge on any atom is 0.516 e. The molecule has 1 aromatic rings. The van der Waals surface area contributed by atoms with Gasteiger partial charge in [0, 0.05) is 26.3 Å². The van der Waals surface area contributed by atoms with E-state index in [-0.39, 0.29) is 11.2 Å². The summed E-state index contributed by atoms with van der Waals surface area (Å²) in [4.78, 5) is 6.69. The highest BCUT2D eigenvalue weighted by Gasteiger charge is 2.52. The molecule has 2 heterocycles. The molecule has 0 aliphatic carbocycles. The number of anilines is 1. The van der Waals surface area contributed by atoms with Crippen molar-refractivity contribution >= 4 is 18.7 Å². The van der Waals surface area contributed by atoms with E-state index in [4.69, 9.17) is 9.31 Å². The van der Waals surface area contributed by atoms with E-state index in [0.717, 1.165) is 11.5 Å². The molecule has 0 N–H and O–H groups in total. The fraction of sp³-hybridized carbons (Fsp3) is 0.786. The molecule has 0 radical (unpaired) electrons. The zero-order valence-electron chi connectivity index (χ0n) is 13.9. The normalized spacial score (nSPS) is 20.8. The van der Waals surface area contributed by atoms with Crippen LogP contribution in [0, 0.1) is 0 Å². The summed E-state index contributed by atoms with van der Waals surface area (Å²) in [6.45, 7) is 12.5. The molecule has 1 aromatic heterocycles. The summed E-state index contributed by atoms with van der Waals surface area (Å²) >= 11 is 0. The SMILES string of the molecule is CC(C)n1cc(B2OC(C)(C)C(C)(C)O2)nc1N(C)C. The lowest BCUT2D eigenvalue weighted by Crippen LogP contribution is -2.41. The van der Waals surface area contributed by atoms with E-state index in [1.54, 1.807) is 0 Å². The van der Waals surface area contributed by atoms with Gasteiger partial charge in [0.25, 0.3) is 0 Å². The van der Waals surface area contributed by atoms with Gasteiger partial charge in [0.2, 0.25) is 5.95 Å². The summed E-state index contributed by atoms with van der Waals surface area (Å²) in [5, 5.41) is 0. The van der Waals surface area contributed by atoms with Crippen LogP contribution in [0.5, 0.6) is 0 Å². The summed E-state index contributed by atoms with van der Waals surface area (Å²) in [7, 11) is 3.59. The van der Waals surface area contributed by atoms with Gasteiger partial charge in [-0.15, -0.1) is 0 Å². The van der Waals surface area contributed by atoms with Gasteiger partial charge in [-0.2, -0.15) is 0 Å². The highest BCUT2D eigenvalue weighted by atomic mass is 16.7. The summed E-state index contributed by atoms with van der Waals surface area (Å²) in [6.07, 6.45) is 2.03. The molecule has 0 amide bonds. The van der Waals surface area contributed by atoms with Gasteiger partial charge in [-0.1, -0.05) is 0 Å². The molecule has 0 spiro atoms. The van der Waals surface area contributed by atoms with Crippen LogP contribution in [-0.4, -0.2) is 42.0 Å². The minimum atomic E-state index is -0.404. The second-order valence-corrected chi connectivity index (χ2v) is 6.95. The first-order valence-electron chi connectivity index (χ1n) is 7.17. The third-order valence-electron chi connectivity index (χ3n) is 4.18. The van der Waals surface area contributed by atoms with E-state index < -0.39 is 7.12 Å². The lowest BCUT2D eigenvalue weighted by atomic mass is 9.86. The number of imidazole rings is 1. The fourth-order valence-electron chi connectivity index (χ4n) is 2.19. The Labute approximate surface area is 122 Å². The van der Waals surface area contributed by atoms with Crippen LogP contribution in [0.1, 0.15) is 47.6 Å². The molecule has 112 valence electrons. The van der Waals surface area contributed by atoms with E-state index in [1.807, 2.05) is 25.2 Å². The molecule has 0 aromatic carbocycles. The van der Waals surface area contributed by atoms with Crippen LogP contribution in [-0.2, 0) is 9.31 Å². The van der Waals surface area contributed by atoms with E-state index in [1.165, 1.54) is 0 Å². The Hall–Kier alpha value is -1.01. The van der Waals surface area contributed by atoms with Crippen LogP contribution < -0.4 is 10.5 Å². The zero-order valence-corrected chi connectivity index (χ0v) is 13.9. The maximum atomic E-state index is 6.06. The van der Waals surface area contributed by atoms with E-state index in [0.29, 0.717) is 6.04 Å². The highest BCUT2D eigenvalue weighted by molar-refractivity contribution is 6.61. The third kappa shape index (κ3) is 2.47. The van der Waals surface area contributed by atoms with Crippen LogP contribution >= 0.6 is 0 Å². The molecule has 0 bridgehead atoms. The van der Waals surface area contributed by atoms with Crippen LogP contribution in [0.15, 0.2) is 6.20 Å². The Morgan fingerprint density at radius 1 is 1.15 bits per heavy atom. The molecular formula is C14H26BN3O2. The first kappa shape index (κ1) is 15.4. The van der Waals surface area contributed by atoms with Gasteiger partial charge in [-0.25, -0.2) is 4.98 Å². The maximum absolute atomic E-state index is 6.06. The van der Waals surface area contributed by atoms with Crippen molar-refractivity contribution in [3.63, 3.8) is 0 Å². The van der Waals surface area contributed by atoms with E-state index in [2.05, 4.69) is 51.1 Å². The molecule has 1 aliphatic rings. The Balaban J connectivity index is 2.34. The molecule has 2 rings (SSSR count). The Bertz CT molecular complexity index is 453. The van der Waals surface area contributed by atoms with Crippen molar-refractivity contribution in [2.45, 2.75) is 58.8 Å². The number of aromatic nitrogens is 2. The molecule has 0 saturated carbocycles. The van der Waals surface area contributed by atoms with Crippen molar-refractivity contribution in [1.29, 1.82) is 0 Å². The molecule has 0 unspecified atom stereocenters. The summed E-state index contributed by atoms with van der Waals surface area (Å²) < 4.78 is 14.3. The van der Waals surface area contributed by atoms with Crippen molar-refractivity contribution in [2.75, 3.05) is 19.0 Å². The largest absolute Gasteiger partial charge is 0.516 e. The van der Waals surface area contributed by atoms with Gasteiger partial charge in [-0.05, 0) is 41.5 Å². The first-order chi connectivity index (χ1) is 9.05. The topological polar surface area (TPSA) is 39.5 Å². The van der Waals surface area contributed by atoms with Gasteiger partial charge in [0.1, 0.15) is 0 Å². The summed E-state index contributed by atoms with van der Waals surface area (Å²) in [6, 6.07) is 0.344. The molecule has 1 aliphatic heterocycles. The number of hydrogen-bond acceptors (Lipinski definition) is 4. The van der Waals surface area contributed by atoms with Crippen LogP contribution in [0.2, 0.25) is 0 Å². The molecule has 20 heavy (non-hydrogen) atoms. The van der Waals surface area contributed by atoms with Crippen LogP contribution in [0.25, 0.3) is 0 Å². The standard InChI is InChI=1S/C14H26BN3O2/c1-10(2)18-9-11(16-12(18)17(7)8)15-19-13(3,4)14(5,6)20-15/h9-10H,1-8H3. The van der Waals surface area contributed by atoms with Crippen molar-refractivity contribution in [1.82, 2.24) is 9.55 Å². The van der Waals surface area contributed by atoms with Gasteiger partial charge >= 0.3 is 7.12 Å². The fourth-order valence-corrected chi connectivity index (χ4v) is 2.19. The first-order valence-corrected chi connectivity index (χ1v) is 7.17. The van der Waals surface area contributed by atoms with Gasteiger partial charge in [-0.3, -0.25) is 0 Å². The van der Waals surface area contributed by atoms with Crippen molar-refractivity contribution in [3.05, 3.63) is 6.20 Å². The Morgan fingerprint density at radius 2 is 1.65 bits per heavy atom. The van der Waals surface area contributed by atoms with Crippen LogP contribution in [0.4, 0.5) is 5.95 Å². The Kier molecular flexibility index (Phi) is 3.67. The Morgan fingerprint density at radius 3 is 2.00 bits per heavy atom. The number of nitrogens with zero attached hydrogens (tertiary/aromatic N) is 3. The zero-order chi connectivity index (χ0) is 15.3. The van der Waals surface area contributed by atoms with Gasteiger partial charge < -0.3 is 18.8 Å². The van der Waals surface area contributed by atoms with E-state index >= 15 is 0 Å². The number of rotatable bonds is 3. The average Bonchev–Trinajstić information content (AvgIpc) is 2.79. The van der Waals surface area contributed by atoms with E-state index in [9.17, 15) is 0 Å². The lowest BCUT2D eigenvalue weighted by molar-refractivity contribution is 0.00578. The van der Waals surface area contributed by atoms with Crippen molar-refractivity contribution in [2.24, 2.45) is 0 Å². The molecule has 1 saturated heterocycles. The average molecular weight is 279 g/mol. The molecular weight excluding hydrogens is 253 g/mol. The molecule has 1 fully saturated rings. The van der Waals surface area contributed by atoms with Crippen LogP contribution in [0.3, 0.4) is 0 Å². The third-order valence-corrected chi connectivity index (χ3v) is 4.18. The second-order valence-electron chi connectivity index (χ2n) is 6.95. The molecule has 0 atom stereocenters. The molecule has 6 heteroatoms.